The lowest BCUT2D eigenvalue weighted by Crippen LogP contribution is -2.07. The summed E-state index contributed by atoms with van der Waals surface area (Å²) in [5.74, 6) is -3.13. The molecule has 3 N–H and O–H groups in total. The molecule has 0 aliphatic carbocycles. The molecule has 0 aliphatic rings. The van der Waals surface area contributed by atoms with Gasteiger partial charge in [0.25, 0.3) is 0 Å². The van der Waals surface area contributed by atoms with Gasteiger partial charge in [-0.3, -0.25) is 4.79 Å². The Labute approximate surface area is 188 Å². The number of nitriles is 1. The molecule has 0 heterocycles. The molecule has 7 heteroatoms. The highest BCUT2D eigenvalue weighted by Gasteiger charge is 2.14. The SMILES string of the molecule is N#CCc1cc2ccccc2cc1C(=O)O.O=C(O)Cc1cc2ccccc2cc1C(=O)O. The van der Waals surface area contributed by atoms with Crippen LogP contribution < -0.4 is 0 Å². The lowest BCUT2D eigenvalue weighted by Gasteiger charge is -2.06. The summed E-state index contributed by atoms with van der Waals surface area (Å²) in [7, 11) is 0. The van der Waals surface area contributed by atoms with E-state index in [4.69, 9.17) is 20.6 Å². The van der Waals surface area contributed by atoms with E-state index in [1.807, 2.05) is 48.5 Å². The van der Waals surface area contributed by atoms with Gasteiger partial charge in [-0.25, -0.2) is 9.59 Å². The first-order valence-corrected chi connectivity index (χ1v) is 9.89. The van der Waals surface area contributed by atoms with E-state index in [0.29, 0.717) is 11.1 Å². The van der Waals surface area contributed by atoms with Gasteiger partial charge in [-0.05, 0) is 56.9 Å². The van der Waals surface area contributed by atoms with Crippen LogP contribution in [-0.4, -0.2) is 33.2 Å². The molecule has 4 aromatic carbocycles. The third-order valence-corrected chi connectivity index (χ3v) is 5.02. The summed E-state index contributed by atoms with van der Waals surface area (Å²) in [6.07, 6.45) is -0.168. The molecule has 164 valence electrons. The molecule has 0 bridgehead atoms. The molecule has 4 aromatic rings. The van der Waals surface area contributed by atoms with Crippen molar-refractivity contribution in [2.75, 3.05) is 0 Å². The molecule has 0 atom stereocenters. The van der Waals surface area contributed by atoms with Crippen molar-refractivity contribution in [3.63, 3.8) is 0 Å². The van der Waals surface area contributed by atoms with Crippen molar-refractivity contribution in [1.82, 2.24) is 0 Å². The standard InChI is InChI=1S/C13H9NO2.C13H10O4/c14-6-5-11-7-9-3-1-2-4-10(9)8-12(11)13(15)16;14-12(15)7-10-5-8-3-1-2-4-9(8)6-11(10)13(16)17/h1-4,7-8H,5H2,(H,15,16);1-6H,7H2,(H,14,15)(H,16,17). The Morgan fingerprint density at radius 2 is 1.06 bits per heavy atom. The summed E-state index contributed by atoms with van der Waals surface area (Å²) >= 11 is 0. The topological polar surface area (TPSA) is 136 Å². The fourth-order valence-corrected chi connectivity index (χ4v) is 3.51. The zero-order valence-corrected chi connectivity index (χ0v) is 17.4. The smallest absolute Gasteiger partial charge is 0.336 e. The van der Waals surface area contributed by atoms with Crippen molar-refractivity contribution in [3.8, 4) is 6.07 Å². The Kier molecular flexibility index (Phi) is 7.01. The zero-order valence-electron chi connectivity index (χ0n) is 17.4. The third kappa shape index (κ3) is 5.51. The largest absolute Gasteiger partial charge is 0.481 e. The van der Waals surface area contributed by atoms with Crippen LogP contribution in [0.2, 0.25) is 0 Å². The van der Waals surface area contributed by atoms with Gasteiger partial charge in [-0.2, -0.15) is 5.26 Å². The van der Waals surface area contributed by atoms with Crippen molar-refractivity contribution in [2.45, 2.75) is 12.8 Å². The van der Waals surface area contributed by atoms with Crippen LogP contribution in [0.15, 0.2) is 72.8 Å². The van der Waals surface area contributed by atoms with Gasteiger partial charge in [0.2, 0.25) is 0 Å². The van der Waals surface area contributed by atoms with E-state index in [1.165, 1.54) is 6.07 Å². The van der Waals surface area contributed by atoms with E-state index in [2.05, 4.69) is 0 Å². The van der Waals surface area contributed by atoms with Crippen LogP contribution in [-0.2, 0) is 17.6 Å². The van der Waals surface area contributed by atoms with Crippen molar-refractivity contribution < 1.29 is 29.7 Å². The Hall–Kier alpha value is -4.70. The first-order chi connectivity index (χ1) is 15.8. The predicted octanol–water partition coefficient (Wildman–Crippen LogP) is 4.77. The monoisotopic (exact) mass is 441 g/mol. The van der Waals surface area contributed by atoms with Gasteiger partial charge in [0.15, 0.2) is 0 Å². The Morgan fingerprint density at radius 3 is 1.45 bits per heavy atom. The number of aromatic carboxylic acids is 2. The first-order valence-electron chi connectivity index (χ1n) is 9.89. The second-order valence-corrected chi connectivity index (χ2v) is 7.23. The lowest BCUT2D eigenvalue weighted by molar-refractivity contribution is -0.136. The van der Waals surface area contributed by atoms with E-state index in [9.17, 15) is 14.4 Å². The Bertz CT molecular complexity index is 1420. The number of rotatable bonds is 5. The number of hydrogen-bond donors (Lipinski definition) is 3. The molecule has 0 unspecified atom stereocenters. The van der Waals surface area contributed by atoms with E-state index >= 15 is 0 Å². The van der Waals surface area contributed by atoms with E-state index in [1.54, 1.807) is 24.3 Å². The second kappa shape index (κ2) is 10.1. The summed E-state index contributed by atoms with van der Waals surface area (Å²) in [6.45, 7) is 0. The fraction of sp³-hybridized carbons (Fsp3) is 0.0769. The van der Waals surface area contributed by atoms with Gasteiger partial charge in [0.05, 0.1) is 30.0 Å². The maximum absolute atomic E-state index is 11.1. The summed E-state index contributed by atoms with van der Waals surface area (Å²) in [5.41, 5.74) is 1.14. The lowest BCUT2D eigenvalue weighted by atomic mass is 9.99. The number of hydrogen-bond acceptors (Lipinski definition) is 4. The van der Waals surface area contributed by atoms with Gasteiger partial charge < -0.3 is 15.3 Å². The number of benzene rings is 4. The number of fused-ring (bicyclic) bond motifs is 2. The maximum atomic E-state index is 11.1. The van der Waals surface area contributed by atoms with Crippen molar-refractivity contribution in [3.05, 3.63) is 95.1 Å². The van der Waals surface area contributed by atoms with Crippen LogP contribution >= 0.6 is 0 Å². The molecule has 33 heavy (non-hydrogen) atoms. The van der Waals surface area contributed by atoms with Gasteiger partial charge in [0.1, 0.15) is 0 Å². The Balaban J connectivity index is 0.000000186. The molecule has 0 radical (unpaired) electrons. The molecule has 4 rings (SSSR count). The molecule has 0 saturated carbocycles. The fourth-order valence-electron chi connectivity index (χ4n) is 3.51. The predicted molar refractivity (Wildman–Crippen MR) is 122 cm³/mol. The summed E-state index contributed by atoms with van der Waals surface area (Å²) in [4.78, 5) is 32.8. The van der Waals surface area contributed by atoms with Gasteiger partial charge in [-0.15, -0.1) is 0 Å². The average molecular weight is 441 g/mol. The molecule has 0 saturated heterocycles. The van der Waals surface area contributed by atoms with Gasteiger partial charge in [-0.1, -0.05) is 48.5 Å². The van der Waals surface area contributed by atoms with E-state index < -0.39 is 17.9 Å². The minimum absolute atomic E-state index is 0.0473. The number of nitrogens with zero attached hydrogens (tertiary/aromatic N) is 1. The molecule has 0 fully saturated rings. The van der Waals surface area contributed by atoms with Crippen LogP contribution in [0, 0.1) is 11.3 Å². The van der Waals surface area contributed by atoms with Gasteiger partial charge in [0, 0.05) is 0 Å². The van der Waals surface area contributed by atoms with Crippen LogP contribution in [0.4, 0.5) is 0 Å². The third-order valence-electron chi connectivity index (χ3n) is 5.02. The van der Waals surface area contributed by atoms with Crippen LogP contribution in [0.5, 0.6) is 0 Å². The number of aliphatic carboxylic acids is 1. The molecule has 0 aromatic heterocycles. The highest BCUT2D eigenvalue weighted by atomic mass is 16.4. The van der Waals surface area contributed by atoms with Crippen molar-refractivity contribution >= 4 is 39.5 Å². The minimum atomic E-state index is -1.10. The highest BCUT2D eigenvalue weighted by Crippen LogP contribution is 2.22. The summed E-state index contributed by atoms with van der Waals surface area (Å²) < 4.78 is 0. The number of carbonyl (C=O) groups is 3. The molecular weight excluding hydrogens is 422 g/mol. The molecule has 0 amide bonds. The number of carboxylic acids is 3. The second-order valence-electron chi connectivity index (χ2n) is 7.23. The number of carboxylic acid groups (broad SMARTS) is 3. The summed E-state index contributed by atoms with van der Waals surface area (Å²) in [6, 6.07) is 23.3. The van der Waals surface area contributed by atoms with E-state index in [0.717, 1.165) is 21.5 Å². The zero-order chi connectivity index (χ0) is 24.0. The van der Waals surface area contributed by atoms with Crippen molar-refractivity contribution in [1.29, 1.82) is 5.26 Å². The van der Waals surface area contributed by atoms with Crippen molar-refractivity contribution in [2.24, 2.45) is 0 Å². The summed E-state index contributed by atoms with van der Waals surface area (Å²) in [5, 5.41) is 39.0. The average Bonchev–Trinajstić information content (AvgIpc) is 2.78. The molecule has 0 aliphatic heterocycles. The van der Waals surface area contributed by atoms with Crippen LogP contribution in [0.1, 0.15) is 31.8 Å². The molecule has 7 nitrogen and oxygen atoms in total. The highest BCUT2D eigenvalue weighted by molar-refractivity contribution is 5.98. The molecule has 0 spiro atoms. The minimum Gasteiger partial charge on any atom is -0.481 e. The van der Waals surface area contributed by atoms with Crippen LogP contribution in [0.3, 0.4) is 0 Å². The maximum Gasteiger partial charge on any atom is 0.336 e. The quantitative estimate of drug-likeness (QED) is 0.406. The van der Waals surface area contributed by atoms with Gasteiger partial charge >= 0.3 is 17.9 Å². The molecular formula is C26H19NO6. The van der Waals surface area contributed by atoms with Crippen LogP contribution in [0.25, 0.3) is 21.5 Å². The first kappa shape index (κ1) is 23.0. The Morgan fingerprint density at radius 1 is 0.667 bits per heavy atom. The normalized spacial score (nSPS) is 10.2. The van der Waals surface area contributed by atoms with E-state index in [-0.39, 0.29) is 24.0 Å².